The van der Waals surface area contributed by atoms with E-state index in [1.165, 1.54) is 38.1 Å². The molecule has 10 heteroatoms. The average Bonchev–Trinajstić information content (AvgIpc) is 2.92. The first-order valence-corrected chi connectivity index (χ1v) is 9.09. The number of benzene rings is 1. The molecule has 2 aliphatic rings. The summed E-state index contributed by atoms with van der Waals surface area (Å²) in [6.45, 7) is 2.38. The van der Waals surface area contributed by atoms with Crippen LogP contribution >= 0.6 is 0 Å². The molecule has 1 saturated carbocycles. The fraction of sp³-hybridized carbons (Fsp3) is 0.400. The Balaban J connectivity index is 1.74. The summed E-state index contributed by atoms with van der Waals surface area (Å²) in [6.07, 6.45) is -1.34. The van der Waals surface area contributed by atoms with Gasteiger partial charge in [0.25, 0.3) is 0 Å². The van der Waals surface area contributed by atoms with Crippen molar-refractivity contribution in [2.24, 2.45) is 0 Å². The van der Waals surface area contributed by atoms with Crippen LogP contribution in [0.1, 0.15) is 32.3 Å². The van der Waals surface area contributed by atoms with Gasteiger partial charge in [0.2, 0.25) is 5.60 Å². The summed E-state index contributed by atoms with van der Waals surface area (Å²) < 4.78 is 20.2. The number of carbonyl (C=O) groups is 4. The van der Waals surface area contributed by atoms with Gasteiger partial charge in [-0.3, -0.25) is 9.59 Å². The van der Waals surface area contributed by atoms with Gasteiger partial charge < -0.3 is 29.2 Å². The Kier molecular flexibility index (Phi) is 5.90. The van der Waals surface area contributed by atoms with Crippen LogP contribution in [0.4, 0.5) is 0 Å². The van der Waals surface area contributed by atoms with Gasteiger partial charge in [0.15, 0.2) is 11.5 Å². The molecule has 2 fully saturated rings. The number of aliphatic hydroxyl groups is 2. The SMILES string of the molecule is CC(=O)Oc1ccc(/C=C/C(=O)O[C@@]23C[C@@H](O)[C@@H](O)[C@@H](C2)OC3=O)cc1OC(C)=O. The summed E-state index contributed by atoms with van der Waals surface area (Å²) in [5.74, 6) is -2.89. The minimum atomic E-state index is -1.65. The van der Waals surface area contributed by atoms with Gasteiger partial charge in [0, 0.05) is 32.8 Å². The molecular weight excluding hydrogens is 400 g/mol. The maximum Gasteiger partial charge on any atom is 0.351 e. The van der Waals surface area contributed by atoms with Crippen LogP contribution in [0.5, 0.6) is 11.5 Å². The first kappa shape index (κ1) is 21.5. The van der Waals surface area contributed by atoms with E-state index in [9.17, 15) is 29.4 Å². The van der Waals surface area contributed by atoms with Gasteiger partial charge in [0.05, 0.1) is 6.10 Å². The normalized spacial score (nSPS) is 27.5. The van der Waals surface area contributed by atoms with Gasteiger partial charge in [-0.15, -0.1) is 0 Å². The zero-order valence-corrected chi connectivity index (χ0v) is 16.2. The fourth-order valence-corrected chi connectivity index (χ4v) is 3.38. The molecule has 0 aromatic heterocycles. The van der Waals surface area contributed by atoms with Crippen molar-refractivity contribution in [2.75, 3.05) is 0 Å². The van der Waals surface area contributed by atoms with Crippen molar-refractivity contribution in [1.82, 2.24) is 0 Å². The molecule has 0 unspecified atom stereocenters. The van der Waals surface area contributed by atoms with Crippen LogP contribution in [-0.4, -0.2) is 58.0 Å². The molecule has 160 valence electrons. The Morgan fingerprint density at radius 3 is 2.43 bits per heavy atom. The molecule has 2 bridgehead atoms. The summed E-state index contributed by atoms with van der Waals surface area (Å²) in [4.78, 5) is 46.8. The van der Waals surface area contributed by atoms with Gasteiger partial charge in [-0.2, -0.15) is 0 Å². The van der Waals surface area contributed by atoms with E-state index in [0.29, 0.717) is 5.56 Å². The summed E-state index contributed by atoms with van der Waals surface area (Å²) in [5, 5.41) is 19.7. The zero-order valence-electron chi connectivity index (χ0n) is 16.2. The van der Waals surface area contributed by atoms with Crippen molar-refractivity contribution in [2.45, 2.75) is 50.6 Å². The highest BCUT2D eigenvalue weighted by Crippen LogP contribution is 2.41. The lowest BCUT2D eigenvalue weighted by Crippen LogP contribution is -2.50. The number of rotatable bonds is 5. The molecule has 0 radical (unpaired) electrons. The molecule has 10 nitrogen and oxygen atoms in total. The molecule has 4 atom stereocenters. The van der Waals surface area contributed by atoms with E-state index >= 15 is 0 Å². The number of esters is 4. The third-order valence-corrected chi connectivity index (χ3v) is 4.66. The van der Waals surface area contributed by atoms with Gasteiger partial charge in [-0.1, -0.05) is 6.07 Å². The molecule has 0 amide bonds. The standard InChI is InChI=1S/C20H20O10/c1-10(21)27-14-5-3-12(7-15(14)28-11(2)22)4-6-17(24)30-20-8-13(23)18(25)16(9-20)29-19(20)26/h3-7,13,16,18,23,25H,8-9H2,1-2H3/b6-4+/t13-,16-,18-,20+/m1/s1. The van der Waals surface area contributed by atoms with Crippen molar-refractivity contribution in [1.29, 1.82) is 0 Å². The first-order valence-electron chi connectivity index (χ1n) is 9.09. The van der Waals surface area contributed by atoms with Crippen LogP contribution in [0.3, 0.4) is 0 Å². The lowest BCUT2D eigenvalue weighted by Gasteiger charge is -2.33. The molecule has 2 N–H and O–H groups in total. The summed E-state index contributed by atoms with van der Waals surface area (Å²) >= 11 is 0. The second kappa shape index (κ2) is 8.25. The molecule has 1 aromatic carbocycles. The van der Waals surface area contributed by atoms with Crippen molar-refractivity contribution < 1.29 is 48.3 Å². The Hall–Kier alpha value is -3.24. The summed E-state index contributed by atoms with van der Waals surface area (Å²) in [5.41, 5.74) is -1.23. The molecule has 0 spiro atoms. The minimum absolute atomic E-state index is 0.0154. The fourth-order valence-electron chi connectivity index (χ4n) is 3.38. The third kappa shape index (κ3) is 4.50. The average molecular weight is 420 g/mol. The van der Waals surface area contributed by atoms with Crippen molar-refractivity contribution in [3.8, 4) is 11.5 Å². The number of aliphatic hydroxyl groups excluding tert-OH is 2. The van der Waals surface area contributed by atoms with E-state index in [4.69, 9.17) is 18.9 Å². The zero-order chi connectivity index (χ0) is 22.1. The van der Waals surface area contributed by atoms with Gasteiger partial charge >= 0.3 is 23.9 Å². The summed E-state index contributed by atoms with van der Waals surface area (Å²) in [6, 6.07) is 4.28. The molecule has 30 heavy (non-hydrogen) atoms. The van der Waals surface area contributed by atoms with Crippen LogP contribution in [0.15, 0.2) is 24.3 Å². The van der Waals surface area contributed by atoms with Crippen molar-refractivity contribution in [3.05, 3.63) is 29.8 Å². The predicted octanol–water partition coefficient (Wildman–Crippen LogP) is 0.273. The second-order valence-corrected chi connectivity index (χ2v) is 7.05. The molecule has 1 aliphatic heterocycles. The van der Waals surface area contributed by atoms with E-state index in [-0.39, 0.29) is 24.3 Å². The molecule has 1 aliphatic carbocycles. The number of carbonyl (C=O) groups excluding carboxylic acids is 4. The molecule has 1 aromatic rings. The Bertz CT molecular complexity index is 920. The quantitative estimate of drug-likeness (QED) is 0.387. The molecule has 1 saturated heterocycles. The first-order chi connectivity index (χ1) is 14.1. The predicted molar refractivity (Wildman–Crippen MR) is 98.0 cm³/mol. The van der Waals surface area contributed by atoms with Gasteiger partial charge in [-0.25, -0.2) is 9.59 Å². The molecular formula is C20H20O10. The van der Waals surface area contributed by atoms with Crippen molar-refractivity contribution in [3.63, 3.8) is 0 Å². The lowest BCUT2D eigenvalue weighted by atomic mass is 9.82. The van der Waals surface area contributed by atoms with Crippen LogP contribution in [-0.2, 0) is 28.7 Å². The van der Waals surface area contributed by atoms with Crippen molar-refractivity contribution >= 4 is 30.0 Å². The van der Waals surface area contributed by atoms with Crippen LogP contribution in [0, 0.1) is 0 Å². The molecule has 1 heterocycles. The van der Waals surface area contributed by atoms with Crippen LogP contribution in [0.25, 0.3) is 6.08 Å². The molecule has 3 rings (SSSR count). The van der Waals surface area contributed by atoms with E-state index in [2.05, 4.69) is 0 Å². The second-order valence-electron chi connectivity index (χ2n) is 7.05. The maximum atomic E-state index is 12.3. The Morgan fingerprint density at radius 2 is 1.77 bits per heavy atom. The number of ether oxygens (including phenoxy) is 4. The van der Waals surface area contributed by atoms with E-state index in [1.807, 2.05) is 0 Å². The minimum Gasteiger partial charge on any atom is -0.456 e. The monoisotopic (exact) mass is 420 g/mol. The lowest BCUT2D eigenvalue weighted by molar-refractivity contribution is -0.172. The largest absolute Gasteiger partial charge is 0.456 e. The third-order valence-electron chi connectivity index (χ3n) is 4.66. The number of hydrogen-bond donors (Lipinski definition) is 2. The highest BCUT2D eigenvalue weighted by molar-refractivity contribution is 5.92. The van der Waals surface area contributed by atoms with E-state index in [1.54, 1.807) is 0 Å². The van der Waals surface area contributed by atoms with Crippen LogP contribution in [0.2, 0.25) is 0 Å². The Labute approximate surface area is 171 Å². The Morgan fingerprint density at radius 1 is 1.10 bits per heavy atom. The highest BCUT2D eigenvalue weighted by atomic mass is 16.6. The number of hydrogen-bond acceptors (Lipinski definition) is 10. The summed E-state index contributed by atoms with van der Waals surface area (Å²) in [7, 11) is 0. The number of fused-ring (bicyclic) bond motifs is 2. The van der Waals surface area contributed by atoms with Crippen LogP contribution < -0.4 is 9.47 Å². The smallest absolute Gasteiger partial charge is 0.351 e. The van der Waals surface area contributed by atoms with E-state index in [0.717, 1.165) is 6.08 Å². The highest BCUT2D eigenvalue weighted by Gasteiger charge is 2.60. The van der Waals surface area contributed by atoms with E-state index < -0.39 is 47.8 Å². The van der Waals surface area contributed by atoms with Gasteiger partial charge in [0.1, 0.15) is 12.2 Å². The van der Waals surface area contributed by atoms with Gasteiger partial charge in [-0.05, 0) is 23.8 Å². The maximum absolute atomic E-state index is 12.3. The topological polar surface area (TPSA) is 146 Å².